The Morgan fingerprint density at radius 2 is 2.00 bits per heavy atom. The lowest BCUT2D eigenvalue weighted by Crippen LogP contribution is -2.43. The molecular formula is C19H22N2O6S. The number of aromatic nitrogens is 1. The van der Waals surface area contributed by atoms with E-state index in [4.69, 9.17) is 9.15 Å². The van der Waals surface area contributed by atoms with Crippen molar-refractivity contribution in [3.05, 3.63) is 41.8 Å². The number of likely N-dealkylation sites (N-methyl/N-ethyl adjacent to an activating group) is 1. The molecule has 2 heterocycles. The molecule has 150 valence electrons. The summed E-state index contributed by atoms with van der Waals surface area (Å²) >= 11 is 0. The average molecular weight is 406 g/mol. The van der Waals surface area contributed by atoms with Crippen LogP contribution in [0.3, 0.4) is 0 Å². The highest BCUT2D eigenvalue weighted by atomic mass is 32.2. The monoisotopic (exact) mass is 406 g/mol. The molecule has 28 heavy (non-hydrogen) atoms. The SMILES string of the molecule is CCN(C(=O)COC(=O)c1nc(-c2ccccc2)oc1C)C1CCS(=O)(=O)C1. The average Bonchev–Trinajstić information content (AvgIpc) is 3.23. The van der Waals surface area contributed by atoms with Crippen LogP contribution in [0.4, 0.5) is 0 Å². The number of rotatable bonds is 6. The van der Waals surface area contributed by atoms with E-state index in [1.165, 1.54) is 4.90 Å². The maximum Gasteiger partial charge on any atom is 0.361 e. The number of nitrogens with zero attached hydrogens (tertiary/aromatic N) is 2. The number of carbonyl (C=O) groups excluding carboxylic acids is 2. The number of ether oxygens (including phenoxy) is 1. The Morgan fingerprint density at radius 3 is 2.61 bits per heavy atom. The molecule has 1 aliphatic rings. The third kappa shape index (κ3) is 4.41. The summed E-state index contributed by atoms with van der Waals surface area (Å²) in [7, 11) is -3.11. The predicted molar refractivity (Wildman–Crippen MR) is 101 cm³/mol. The molecule has 1 aliphatic heterocycles. The van der Waals surface area contributed by atoms with E-state index in [2.05, 4.69) is 4.98 Å². The summed E-state index contributed by atoms with van der Waals surface area (Å²) in [6.45, 7) is 3.23. The number of sulfone groups is 1. The maximum absolute atomic E-state index is 12.4. The van der Waals surface area contributed by atoms with Gasteiger partial charge in [0.05, 0.1) is 11.5 Å². The zero-order valence-electron chi connectivity index (χ0n) is 15.8. The highest BCUT2D eigenvalue weighted by molar-refractivity contribution is 7.91. The molecule has 0 bridgehead atoms. The zero-order valence-corrected chi connectivity index (χ0v) is 16.6. The zero-order chi connectivity index (χ0) is 20.3. The van der Waals surface area contributed by atoms with Crippen LogP contribution in [0, 0.1) is 6.92 Å². The number of carbonyl (C=O) groups is 2. The summed E-state index contributed by atoms with van der Waals surface area (Å²) in [4.78, 5) is 30.4. The minimum Gasteiger partial charge on any atom is -0.451 e. The first-order chi connectivity index (χ1) is 13.3. The Bertz CT molecular complexity index is 968. The second kappa shape index (κ2) is 8.14. The Labute approximate surface area is 163 Å². The third-order valence-electron chi connectivity index (χ3n) is 4.65. The van der Waals surface area contributed by atoms with Crippen LogP contribution in [0.1, 0.15) is 29.6 Å². The molecule has 1 fully saturated rings. The molecule has 9 heteroatoms. The lowest BCUT2D eigenvalue weighted by atomic mass is 10.2. The van der Waals surface area contributed by atoms with Gasteiger partial charge in [-0.05, 0) is 32.4 Å². The molecule has 8 nitrogen and oxygen atoms in total. The van der Waals surface area contributed by atoms with Crippen LogP contribution in [0.15, 0.2) is 34.7 Å². The molecule has 1 amide bonds. The summed E-state index contributed by atoms with van der Waals surface area (Å²) in [5.74, 6) is -0.576. The van der Waals surface area contributed by atoms with Crippen LogP contribution in [-0.2, 0) is 19.4 Å². The van der Waals surface area contributed by atoms with E-state index in [-0.39, 0.29) is 23.2 Å². The van der Waals surface area contributed by atoms with E-state index in [0.717, 1.165) is 5.56 Å². The third-order valence-corrected chi connectivity index (χ3v) is 6.40. The van der Waals surface area contributed by atoms with E-state index in [1.54, 1.807) is 26.0 Å². The van der Waals surface area contributed by atoms with Gasteiger partial charge in [-0.1, -0.05) is 18.2 Å². The van der Waals surface area contributed by atoms with E-state index in [9.17, 15) is 18.0 Å². The first-order valence-electron chi connectivity index (χ1n) is 9.00. The molecule has 2 aromatic rings. The van der Waals surface area contributed by atoms with Crippen molar-refractivity contribution in [2.75, 3.05) is 24.7 Å². The van der Waals surface area contributed by atoms with Gasteiger partial charge in [-0.2, -0.15) is 0 Å². The largest absolute Gasteiger partial charge is 0.451 e. The summed E-state index contributed by atoms with van der Waals surface area (Å²) in [6.07, 6.45) is 0.401. The topological polar surface area (TPSA) is 107 Å². The molecule has 3 rings (SSSR count). The number of hydrogen-bond donors (Lipinski definition) is 0. The minimum atomic E-state index is -3.11. The quantitative estimate of drug-likeness (QED) is 0.674. The molecule has 1 atom stereocenters. The molecule has 1 saturated heterocycles. The van der Waals surface area contributed by atoms with Gasteiger partial charge in [-0.3, -0.25) is 4.79 Å². The Kier molecular flexibility index (Phi) is 5.83. The standard InChI is InChI=1S/C19H22N2O6S/c1-3-21(15-9-10-28(24,25)12-15)16(22)11-26-19(23)17-13(2)27-18(20-17)14-7-5-4-6-8-14/h4-8,15H,3,9-12H2,1-2H3. The van der Waals surface area contributed by atoms with Gasteiger partial charge >= 0.3 is 5.97 Å². The number of aryl methyl sites for hydroxylation is 1. The van der Waals surface area contributed by atoms with Crippen molar-refractivity contribution in [3.8, 4) is 11.5 Å². The van der Waals surface area contributed by atoms with Crippen LogP contribution >= 0.6 is 0 Å². The number of benzene rings is 1. The van der Waals surface area contributed by atoms with Crippen LogP contribution in [0.2, 0.25) is 0 Å². The Morgan fingerprint density at radius 1 is 1.29 bits per heavy atom. The summed E-state index contributed by atoms with van der Waals surface area (Å²) in [6, 6.07) is 8.74. The van der Waals surface area contributed by atoms with Crippen LogP contribution in [0.25, 0.3) is 11.5 Å². The highest BCUT2D eigenvalue weighted by Gasteiger charge is 2.34. The molecule has 0 spiro atoms. The molecule has 0 N–H and O–H groups in total. The maximum atomic E-state index is 12.4. The number of esters is 1. The van der Waals surface area contributed by atoms with E-state index >= 15 is 0 Å². The number of amides is 1. The normalized spacial score (nSPS) is 18.0. The van der Waals surface area contributed by atoms with Crippen molar-refractivity contribution in [2.45, 2.75) is 26.3 Å². The van der Waals surface area contributed by atoms with Gasteiger partial charge in [-0.15, -0.1) is 0 Å². The Hall–Kier alpha value is -2.68. The summed E-state index contributed by atoms with van der Waals surface area (Å²) in [5, 5.41) is 0. The van der Waals surface area contributed by atoms with Gasteiger partial charge in [0.25, 0.3) is 5.91 Å². The second-order valence-corrected chi connectivity index (χ2v) is 8.83. The molecule has 0 saturated carbocycles. The number of hydrogen-bond acceptors (Lipinski definition) is 7. The molecule has 0 radical (unpaired) electrons. The van der Waals surface area contributed by atoms with E-state index in [0.29, 0.717) is 24.6 Å². The Balaban J connectivity index is 1.63. The molecule has 1 unspecified atom stereocenters. The molecule has 1 aromatic heterocycles. The predicted octanol–water partition coefficient (Wildman–Crippen LogP) is 1.84. The van der Waals surface area contributed by atoms with Gasteiger partial charge in [0.2, 0.25) is 5.89 Å². The number of oxazole rings is 1. The van der Waals surface area contributed by atoms with Crippen molar-refractivity contribution in [1.29, 1.82) is 0 Å². The van der Waals surface area contributed by atoms with Crippen LogP contribution in [0.5, 0.6) is 0 Å². The molecule has 0 aliphatic carbocycles. The van der Waals surface area contributed by atoms with Gasteiger partial charge in [-0.25, -0.2) is 18.2 Å². The fourth-order valence-corrected chi connectivity index (χ4v) is 4.96. The van der Waals surface area contributed by atoms with Gasteiger partial charge < -0.3 is 14.1 Å². The molecule has 1 aromatic carbocycles. The lowest BCUT2D eigenvalue weighted by Gasteiger charge is -2.26. The van der Waals surface area contributed by atoms with Gasteiger partial charge in [0.1, 0.15) is 5.76 Å². The summed E-state index contributed by atoms with van der Waals surface area (Å²) < 4.78 is 33.9. The van der Waals surface area contributed by atoms with Crippen LogP contribution < -0.4 is 0 Å². The van der Waals surface area contributed by atoms with E-state index in [1.807, 2.05) is 18.2 Å². The summed E-state index contributed by atoms with van der Waals surface area (Å²) in [5.41, 5.74) is 0.735. The van der Waals surface area contributed by atoms with E-state index < -0.39 is 28.3 Å². The molecular weight excluding hydrogens is 384 g/mol. The van der Waals surface area contributed by atoms with Crippen molar-refractivity contribution in [3.63, 3.8) is 0 Å². The van der Waals surface area contributed by atoms with Crippen LogP contribution in [-0.4, -0.2) is 60.9 Å². The fraction of sp³-hybridized carbons (Fsp3) is 0.421. The van der Waals surface area contributed by atoms with Crippen molar-refractivity contribution >= 4 is 21.7 Å². The minimum absolute atomic E-state index is 0.0122. The second-order valence-electron chi connectivity index (χ2n) is 6.60. The smallest absolute Gasteiger partial charge is 0.361 e. The first-order valence-corrected chi connectivity index (χ1v) is 10.8. The van der Waals surface area contributed by atoms with Crippen molar-refractivity contribution < 1.29 is 27.2 Å². The van der Waals surface area contributed by atoms with Gasteiger partial charge in [0, 0.05) is 18.2 Å². The fourth-order valence-electron chi connectivity index (χ4n) is 3.23. The van der Waals surface area contributed by atoms with Gasteiger partial charge in [0.15, 0.2) is 22.1 Å². The van der Waals surface area contributed by atoms with Crippen molar-refractivity contribution in [1.82, 2.24) is 9.88 Å². The van der Waals surface area contributed by atoms with Crippen molar-refractivity contribution in [2.24, 2.45) is 0 Å². The lowest BCUT2D eigenvalue weighted by molar-refractivity contribution is -0.136. The first kappa shape index (κ1) is 20.1. The highest BCUT2D eigenvalue weighted by Crippen LogP contribution is 2.22.